The smallest absolute Gasteiger partial charge is 0.317 e. The van der Waals surface area contributed by atoms with Gasteiger partial charge in [0.1, 0.15) is 6.04 Å². The molecule has 1 saturated carbocycles. The maximum atomic E-state index is 13.6. The average molecular weight is 436 g/mol. The maximum Gasteiger partial charge on any atom is 0.471 e. The average Bonchev–Trinajstić information content (AvgIpc) is 2.73. The van der Waals surface area contributed by atoms with E-state index in [1.807, 2.05) is 6.92 Å². The van der Waals surface area contributed by atoms with Gasteiger partial charge in [0.2, 0.25) is 5.12 Å². The van der Waals surface area contributed by atoms with Crippen molar-refractivity contribution in [2.24, 2.45) is 0 Å². The van der Waals surface area contributed by atoms with Gasteiger partial charge in [0.15, 0.2) is 0 Å². The quantitative estimate of drug-likeness (QED) is 0.534. The van der Waals surface area contributed by atoms with Crippen LogP contribution in [0.3, 0.4) is 0 Å². The molecule has 1 amide bonds. The van der Waals surface area contributed by atoms with E-state index in [-0.39, 0.29) is 0 Å². The zero-order valence-electron chi connectivity index (χ0n) is 16.7. The summed E-state index contributed by atoms with van der Waals surface area (Å²) >= 11 is 0.871. The fourth-order valence-electron chi connectivity index (χ4n) is 3.82. The molecule has 3 nitrogen and oxygen atoms in total. The standard InChI is InChI=1S/C23H24F3NO2S/c1-16-12-14-17(15-13-16)20(21(28)30-19-10-6-3-7-11-19)27(22(29)23(24,25)26)18-8-4-2-5-9-18/h3,6-7,10-15,18,20H,2,4-5,8-9H2,1H3. The highest BCUT2D eigenvalue weighted by molar-refractivity contribution is 8.13. The van der Waals surface area contributed by atoms with Crippen LogP contribution in [0, 0.1) is 6.92 Å². The Balaban J connectivity index is 2.04. The predicted octanol–water partition coefficient (Wildman–Crippen LogP) is 6.08. The van der Waals surface area contributed by atoms with Crippen molar-refractivity contribution >= 4 is 22.8 Å². The van der Waals surface area contributed by atoms with Crippen molar-refractivity contribution < 1.29 is 22.8 Å². The molecule has 0 aliphatic heterocycles. The number of nitrogens with zero attached hydrogens (tertiary/aromatic N) is 1. The highest BCUT2D eigenvalue weighted by atomic mass is 32.2. The van der Waals surface area contributed by atoms with Gasteiger partial charge in [0.05, 0.1) is 0 Å². The van der Waals surface area contributed by atoms with Gasteiger partial charge >= 0.3 is 12.1 Å². The lowest BCUT2D eigenvalue weighted by Gasteiger charge is -2.39. The van der Waals surface area contributed by atoms with Crippen LogP contribution in [0.1, 0.15) is 49.3 Å². The van der Waals surface area contributed by atoms with Crippen molar-refractivity contribution in [3.05, 3.63) is 65.7 Å². The number of hydrogen-bond acceptors (Lipinski definition) is 3. The van der Waals surface area contributed by atoms with Crippen LogP contribution < -0.4 is 0 Å². The van der Waals surface area contributed by atoms with Crippen LogP contribution in [0.15, 0.2) is 59.5 Å². The molecular formula is C23H24F3NO2S. The van der Waals surface area contributed by atoms with Gasteiger partial charge < -0.3 is 4.90 Å². The van der Waals surface area contributed by atoms with E-state index in [9.17, 15) is 22.8 Å². The number of hydrogen-bond donors (Lipinski definition) is 0. The van der Waals surface area contributed by atoms with E-state index in [0.29, 0.717) is 23.3 Å². The van der Waals surface area contributed by atoms with Gasteiger partial charge in [-0.3, -0.25) is 9.59 Å². The van der Waals surface area contributed by atoms with Gasteiger partial charge in [0, 0.05) is 10.9 Å². The number of halogens is 3. The zero-order valence-corrected chi connectivity index (χ0v) is 17.5. The molecule has 2 aromatic rings. The molecule has 1 unspecified atom stereocenters. The molecular weight excluding hydrogens is 411 g/mol. The van der Waals surface area contributed by atoms with Gasteiger partial charge in [-0.2, -0.15) is 13.2 Å². The molecule has 0 radical (unpaired) electrons. The van der Waals surface area contributed by atoms with Crippen molar-refractivity contribution in [1.82, 2.24) is 4.90 Å². The molecule has 3 rings (SSSR count). The summed E-state index contributed by atoms with van der Waals surface area (Å²) < 4.78 is 40.7. The Kier molecular flexibility index (Phi) is 7.23. The molecule has 30 heavy (non-hydrogen) atoms. The summed E-state index contributed by atoms with van der Waals surface area (Å²) in [6, 6.07) is 13.6. The highest BCUT2D eigenvalue weighted by Gasteiger charge is 2.49. The highest BCUT2D eigenvalue weighted by Crippen LogP contribution is 2.38. The number of carbonyl (C=O) groups excluding carboxylic acids is 2. The van der Waals surface area contributed by atoms with Crippen molar-refractivity contribution in [2.75, 3.05) is 0 Å². The third-order valence-electron chi connectivity index (χ3n) is 5.30. The minimum atomic E-state index is -5.04. The molecule has 160 valence electrons. The van der Waals surface area contributed by atoms with Gasteiger partial charge in [-0.15, -0.1) is 0 Å². The second-order valence-corrected chi connectivity index (χ2v) is 8.63. The Labute approximate surface area is 178 Å². The second-order valence-electron chi connectivity index (χ2n) is 7.55. The first-order valence-corrected chi connectivity index (χ1v) is 10.8. The van der Waals surface area contributed by atoms with Crippen molar-refractivity contribution in [3.63, 3.8) is 0 Å². The van der Waals surface area contributed by atoms with Crippen LogP contribution in [-0.2, 0) is 9.59 Å². The van der Waals surface area contributed by atoms with Crippen LogP contribution in [-0.4, -0.2) is 28.1 Å². The van der Waals surface area contributed by atoms with E-state index >= 15 is 0 Å². The normalized spacial score (nSPS) is 16.1. The number of rotatable bonds is 5. The van der Waals surface area contributed by atoms with E-state index in [1.165, 1.54) is 0 Å². The third-order valence-corrected chi connectivity index (χ3v) is 6.23. The molecule has 0 saturated heterocycles. The SMILES string of the molecule is Cc1ccc(C(C(=O)Sc2ccccc2)N(C(=O)C(F)(F)F)C2CCCCC2)cc1. The van der Waals surface area contributed by atoms with Gasteiger partial charge in [0.25, 0.3) is 0 Å². The van der Waals surface area contributed by atoms with E-state index in [4.69, 9.17) is 0 Å². The van der Waals surface area contributed by atoms with Crippen LogP contribution in [0.4, 0.5) is 13.2 Å². The summed E-state index contributed by atoms with van der Waals surface area (Å²) in [7, 11) is 0. The number of alkyl halides is 3. The Bertz CT molecular complexity index is 862. The van der Waals surface area contributed by atoms with Crippen LogP contribution in [0.25, 0.3) is 0 Å². The summed E-state index contributed by atoms with van der Waals surface area (Å²) in [5.41, 5.74) is 1.32. The molecule has 0 aromatic heterocycles. The predicted molar refractivity (Wildman–Crippen MR) is 111 cm³/mol. The van der Waals surface area contributed by atoms with Crippen LogP contribution in [0.5, 0.6) is 0 Å². The minimum absolute atomic E-state index is 0.400. The van der Waals surface area contributed by atoms with Gasteiger partial charge in [-0.05, 0) is 49.2 Å². The topological polar surface area (TPSA) is 37.4 Å². The van der Waals surface area contributed by atoms with E-state index in [1.54, 1.807) is 54.6 Å². The zero-order chi connectivity index (χ0) is 21.7. The Morgan fingerprint density at radius 2 is 1.57 bits per heavy atom. The lowest BCUT2D eigenvalue weighted by molar-refractivity contribution is -0.191. The molecule has 0 bridgehead atoms. The molecule has 1 atom stereocenters. The number of thioether (sulfide) groups is 1. The summed E-state index contributed by atoms with van der Waals surface area (Å²) in [6.45, 7) is 1.86. The summed E-state index contributed by atoms with van der Waals surface area (Å²) in [6.07, 6.45) is -1.70. The number of aryl methyl sites for hydroxylation is 1. The number of amides is 1. The number of carbonyl (C=O) groups is 2. The van der Waals surface area contributed by atoms with E-state index < -0.39 is 29.3 Å². The monoisotopic (exact) mass is 435 g/mol. The first-order chi connectivity index (χ1) is 14.3. The Morgan fingerprint density at radius 1 is 0.967 bits per heavy atom. The fourth-order valence-corrected chi connectivity index (χ4v) is 4.71. The Morgan fingerprint density at radius 3 is 2.13 bits per heavy atom. The van der Waals surface area contributed by atoms with Crippen LogP contribution in [0.2, 0.25) is 0 Å². The van der Waals surface area contributed by atoms with Gasteiger partial charge in [-0.1, -0.05) is 67.3 Å². The second kappa shape index (κ2) is 9.69. The van der Waals surface area contributed by atoms with Crippen molar-refractivity contribution in [2.45, 2.75) is 62.2 Å². The van der Waals surface area contributed by atoms with E-state index in [2.05, 4.69) is 0 Å². The van der Waals surface area contributed by atoms with Gasteiger partial charge in [-0.25, -0.2) is 0 Å². The molecule has 7 heteroatoms. The molecule has 0 N–H and O–H groups in total. The van der Waals surface area contributed by atoms with Crippen molar-refractivity contribution in [3.8, 4) is 0 Å². The molecule has 1 aliphatic carbocycles. The lowest BCUT2D eigenvalue weighted by atomic mass is 9.91. The summed E-state index contributed by atoms with van der Waals surface area (Å²) in [4.78, 5) is 27.3. The molecule has 0 spiro atoms. The molecule has 2 aromatic carbocycles. The largest absolute Gasteiger partial charge is 0.471 e. The number of benzene rings is 2. The lowest BCUT2D eigenvalue weighted by Crippen LogP contribution is -2.51. The summed E-state index contributed by atoms with van der Waals surface area (Å²) in [5.74, 6) is -1.94. The molecule has 1 fully saturated rings. The minimum Gasteiger partial charge on any atom is -0.317 e. The summed E-state index contributed by atoms with van der Waals surface area (Å²) in [5, 5.41) is -0.492. The molecule has 0 heterocycles. The first kappa shape index (κ1) is 22.4. The Hall–Kier alpha value is -2.28. The molecule has 1 aliphatic rings. The van der Waals surface area contributed by atoms with Crippen LogP contribution >= 0.6 is 11.8 Å². The third kappa shape index (κ3) is 5.45. The first-order valence-electron chi connectivity index (χ1n) is 10.00. The van der Waals surface area contributed by atoms with Crippen molar-refractivity contribution in [1.29, 1.82) is 0 Å². The maximum absolute atomic E-state index is 13.6. The fraction of sp³-hybridized carbons (Fsp3) is 0.391. The van der Waals surface area contributed by atoms with E-state index in [0.717, 1.165) is 41.5 Å².